The second kappa shape index (κ2) is 16.2. The van der Waals surface area contributed by atoms with E-state index < -0.39 is 0 Å². The van der Waals surface area contributed by atoms with Crippen molar-refractivity contribution in [3.63, 3.8) is 0 Å². The van der Waals surface area contributed by atoms with Crippen LogP contribution < -0.4 is 38.0 Å². The van der Waals surface area contributed by atoms with Gasteiger partial charge in [0, 0.05) is 9.59 Å². The van der Waals surface area contributed by atoms with Crippen LogP contribution in [-0.2, 0) is 0 Å². The van der Waals surface area contributed by atoms with Crippen molar-refractivity contribution in [2.24, 2.45) is 0 Å². The standard InChI is InChI=1S/C44H40N8O6/c1-53-37-23-19-31(27-41(37)57-5)43-45-49(33-13-9-7-10-14-33)51(47-43)35-21-17-29(25-39(35)55-3)30-18-22-36(40(26-30)56-4)52-48-44(46-50(52)34-15-11-8-12-16-34)32-20-24-38(54-2)42(28-32)58-6/h7-28H,1-6H3/q+2. The number of nitrogens with zero attached hydrogens (tertiary/aromatic N) is 8. The van der Waals surface area contributed by atoms with Crippen LogP contribution in [0, 0.1) is 0 Å². The van der Waals surface area contributed by atoms with Crippen LogP contribution in [0.15, 0.2) is 133 Å². The third-order valence-electron chi connectivity index (χ3n) is 9.50. The molecule has 14 nitrogen and oxygen atoms in total. The first kappa shape index (κ1) is 37.2. The van der Waals surface area contributed by atoms with Crippen LogP contribution in [0.2, 0.25) is 0 Å². The number of para-hydroxylation sites is 2. The third-order valence-corrected chi connectivity index (χ3v) is 9.50. The molecule has 0 bridgehead atoms. The van der Waals surface area contributed by atoms with Crippen LogP contribution in [-0.4, -0.2) is 72.6 Å². The fraction of sp³-hybridized carbons (Fsp3) is 0.136. The molecule has 8 aromatic rings. The number of rotatable bonds is 13. The summed E-state index contributed by atoms with van der Waals surface area (Å²) < 4.78 is 34.1. The molecule has 6 aromatic carbocycles. The lowest BCUT2D eigenvalue weighted by Gasteiger charge is -2.11. The van der Waals surface area contributed by atoms with Gasteiger partial charge in [-0.1, -0.05) is 48.5 Å². The quantitative estimate of drug-likeness (QED) is 0.121. The highest BCUT2D eigenvalue weighted by atomic mass is 16.5. The molecule has 2 heterocycles. The number of methoxy groups -OCH3 is 6. The SMILES string of the molecule is COc1ccc(-c2nn(-c3ccc(-c4ccc(-n5nc(-c6ccc(OC)c(OC)c6)n[n+]5-c5ccccc5)c(OC)c4)cc3OC)[n+](-c3ccccc3)n2)cc1OC. The lowest BCUT2D eigenvalue weighted by Crippen LogP contribution is -2.43. The van der Waals surface area contributed by atoms with Gasteiger partial charge in [-0.15, -0.1) is 0 Å². The molecule has 2 aromatic heterocycles. The summed E-state index contributed by atoms with van der Waals surface area (Å²) in [6, 6.07) is 42.6. The van der Waals surface area contributed by atoms with E-state index >= 15 is 0 Å². The highest BCUT2D eigenvalue weighted by Crippen LogP contribution is 2.36. The van der Waals surface area contributed by atoms with Crippen molar-refractivity contribution in [1.82, 2.24) is 30.0 Å². The highest BCUT2D eigenvalue weighted by molar-refractivity contribution is 5.71. The summed E-state index contributed by atoms with van der Waals surface area (Å²) in [6.07, 6.45) is 0. The van der Waals surface area contributed by atoms with Crippen LogP contribution in [0.5, 0.6) is 34.5 Å². The van der Waals surface area contributed by atoms with Crippen LogP contribution in [0.3, 0.4) is 0 Å². The second-order valence-corrected chi connectivity index (χ2v) is 12.8. The average Bonchev–Trinajstić information content (AvgIpc) is 3.95. The zero-order chi connectivity index (χ0) is 40.2. The molecule has 14 heteroatoms. The van der Waals surface area contributed by atoms with E-state index in [1.165, 1.54) is 0 Å². The molecule has 58 heavy (non-hydrogen) atoms. The molecule has 0 atom stereocenters. The van der Waals surface area contributed by atoms with Crippen LogP contribution in [0.1, 0.15) is 0 Å². The first-order valence-electron chi connectivity index (χ1n) is 18.2. The van der Waals surface area contributed by atoms with E-state index in [1.807, 2.05) is 133 Å². The summed E-state index contributed by atoms with van der Waals surface area (Å²) in [5, 5.41) is 19.7. The molecule has 0 amide bonds. The van der Waals surface area contributed by atoms with Crippen molar-refractivity contribution in [2.45, 2.75) is 0 Å². The van der Waals surface area contributed by atoms with E-state index in [0.717, 1.165) is 33.6 Å². The minimum absolute atomic E-state index is 0.478. The Labute approximate surface area is 334 Å². The number of ether oxygens (including phenoxy) is 6. The third kappa shape index (κ3) is 6.98. The van der Waals surface area contributed by atoms with Gasteiger partial charge in [-0.3, -0.25) is 0 Å². The predicted molar refractivity (Wildman–Crippen MR) is 215 cm³/mol. The van der Waals surface area contributed by atoms with Gasteiger partial charge in [0.05, 0.1) is 64.0 Å². The molecule has 0 spiro atoms. The lowest BCUT2D eigenvalue weighted by atomic mass is 10.0. The minimum atomic E-state index is 0.478. The Kier molecular flexibility index (Phi) is 10.4. The summed E-state index contributed by atoms with van der Waals surface area (Å²) >= 11 is 0. The molecule has 0 aliphatic heterocycles. The van der Waals surface area contributed by atoms with Gasteiger partial charge in [-0.05, 0) is 116 Å². The molecule has 8 rings (SSSR count). The van der Waals surface area contributed by atoms with Gasteiger partial charge in [0.2, 0.25) is 0 Å². The van der Waals surface area contributed by atoms with Crippen molar-refractivity contribution in [3.05, 3.63) is 133 Å². The first-order chi connectivity index (χ1) is 28.5. The Morgan fingerprint density at radius 2 is 0.707 bits per heavy atom. The molecule has 290 valence electrons. The van der Waals surface area contributed by atoms with Crippen molar-refractivity contribution >= 4 is 0 Å². The Hall–Kier alpha value is -7.74. The van der Waals surface area contributed by atoms with Crippen molar-refractivity contribution in [2.75, 3.05) is 42.7 Å². The maximum Gasteiger partial charge on any atom is 0.340 e. The van der Waals surface area contributed by atoms with Gasteiger partial charge >= 0.3 is 11.6 Å². The molecule has 0 aliphatic carbocycles. The number of benzene rings is 6. The maximum atomic E-state index is 6.01. The van der Waals surface area contributed by atoms with Gasteiger partial charge < -0.3 is 28.4 Å². The average molecular weight is 777 g/mol. The fourth-order valence-corrected chi connectivity index (χ4v) is 6.56. The van der Waals surface area contributed by atoms with E-state index in [-0.39, 0.29) is 0 Å². The van der Waals surface area contributed by atoms with Crippen molar-refractivity contribution < 1.29 is 38.0 Å². The predicted octanol–water partition coefficient (Wildman–Crippen LogP) is 6.45. The van der Waals surface area contributed by atoms with Gasteiger partial charge in [0.25, 0.3) is 0 Å². The molecule has 0 saturated carbocycles. The van der Waals surface area contributed by atoms with Gasteiger partial charge in [-0.2, -0.15) is 0 Å². The largest absolute Gasteiger partial charge is 0.494 e. The summed E-state index contributed by atoms with van der Waals surface area (Å²) in [6.45, 7) is 0. The Morgan fingerprint density at radius 1 is 0.362 bits per heavy atom. The van der Waals surface area contributed by atoms with Crippen molar-refractivity contribution in [1.29, 1.82) is 0 Å². The number of hydrogen-bond donors (Lipinski definition) is 0. The van der Waals surface area contributed by atoms with Crippen molar-refractivity contribution in [3.8, 4) is 91.1 Å². The van der Waals surface area contributed by atoms with E-state index in [2.05, 4.69) is 0 Å². The molecule has 0 saturated heterocycles. The fourth-order valence-electron chi connectivity index (χ4n) is 6.56. The van der Waals surface area contributed by atoms with Gasteiger partial charge in [-0.25, -0.2) is 0 Å². The first-order valence-corrected chi connectivity index (χ1v) is 18.2. The van der Waals surface area contributed by atoms with E-state index in [9.17, 15) is 0 Å². The van der Waals surface area contributed by atoms with Crippen LogP contribution in [0.4, 0.5) is 0 Å². The van der Waals surface area contributed by atoms with E-state index in [4.69, 9.17) is 48.8 Å². The molecule has 0 unspecified atom stereocenters. The zero-order valence-electron chi connectivity index (χ0n) is 32.7. The minimum Gasteiger partial charge on any atom is -0.494 e. The molecule has 0 radical (unpaired) electrons. The molecular weight excluding hydrogens is 737 g/mol. The number of aromatic nitrogens is 8. The maximum absolute atomic E-state index is 6.01. The summed E-state index contributed by atoms with van der Waals surface area (Å²) in [7, 11) is 9.66. The van der Waals surface area contributed by atoms with Crippen LogP contribution >= 0.6 is 0 Å². The topological polar surface area (TPSA) is 125 Å². The van der Waals surface area contributed by atoms with E-state index in [1.54, 1.807) is 61.8 Å². The lowest BCUT2D eigenvalue weighted by molar-refractivity contribution is -0.734. The molecule has 0 aliphatic rings. The summed E-state index contributed by atoms with van der Waals surface area (Å²) in [5.74, 6) is 4.47. The number of hydrogen-bond acceptors (Lipinski definition) is 10. The Balaban J connectivity index is 1.20. The van der Waals surface area contributed by atoms with Gasteiger partial charge in [0.1, 0.15) is 0 Å². The molecule has 0 N–H and O–H groups in total. The number of tetrazole rings is 2. The summed E-state index contributed by atoms with van der Waals surface area (Å²) in [5.41, 5.74) is 6.24. The van der Waals surface area contributed by atoms with Gasteiger partial charge in [0.15, 0.2) is 57.2 Å². The normalized spacial score (nSPS) is 10.9. The Bertz CT molecular complexity index is 2530. The second-order valence-electron chi connectivity index (χ2n) is 12.8. The monoisotopic (exact) mass is 776 g/mol. The summed E-state index contributed by atoms with van der Waals surface area (Å²) in [4.78, 5) is 6.91. The van der Waals surface area contributed by atoms with Crippen LogP contribution in [0.25, 0.3) is 56.7 Å². The smallest absolute Gasteiger partial charge is 0.340 e. The molecular formula is C44H40N8O6+2. The Morgan fingerprint density at radius 3 is 1.07 bits per heavy atom. The molecule has 0 fully saturated rings. The van der Waals surface area contributed by atoms with E-state index in [0.29, 0.717) is 57.5 Å². The zero-order valence-corrected chi connectivity index (χ0v) is 32.7. The highest BCUT2D eigenvalue weighted by Gasteiger charge is 2.29.